The van der Waals surface area contributed by atoms with E-state index in [1.807, 2.05) is 0 Å². The van der Waals surface area contributed by atoms with E-state index in [1.165, 1.54) is 53.2 Å². The van der Waals surface area contributed by atoms with Crippen LogP contribution >= 0.6 is 0 Å². The summed E-state index contributed by atoms with van der Waals surface area (Å²) in [6.07, 6.45) is 2.88. The van der Waals surface area contributed by atoms with Crippen molar-refractivity contribution in [2.75, 3.05) is 14.2 Å². The first kappa shape index (κ1) is 39.6. The molecule has 1 amide bonds. The summed E-state index contributed by atoms with van der Waals surface area (Å²) >= 11 is 0. The van der Waals surface area contributed by atoms with E-state index < -0.39 is 111 Å². The predicted molar refractivity (Wildman–Crippen MR) is 180 cm³/mol. The number of ketones is 2. The van der Waals surface area contributed by atoms with Crippen LogP contribution < -0.4 is 15.8 Å². The molecule has 14 heteroatoms. The Bertz CT molecular complexity index is 1670. The number of carbonyl (C=O) groups excluding carboxylic acids is 5. The van der Waals surface area contributed by atoms with E-state index in [2.05, 4.69) is 5.32 Å². The maximum absolute atomic E-state index is 13.7. The van der Waals surface area contributed by atoms with Crippen molar-refractivity contribution in [3.05, 3.63) is 69.8 Å². The van der Waals surface area contributed by atoms with E-state index in [0.717, 1.165) is 6.26 Å². The molecular formula is C36H46N2O12. The van der Waals surface area contributed by atoms with Crippen molar-refractivity contribution >= 4 is 29.4 Å². The van der Waals surface area contributed by atoms with Crippen LogP contribution in [0, 0.1) is 30.6 Å². The summed E-state index contributed by atoms with van der Waals surface area (Å²) in [5.41, 5.74) is 3.18. The van der Waals surface area contributed by atoms with Crippen molar-refractivity contribution in [1.82, 2.24) is 5.32 Å². The van der Waals surface area contributed by atoms with Gasteiger partial charge in [0.2, 0.25) is 11.6 Å². The van der Waals surface area contributed by atoms with Gasteiger partial charge in [-0.2, -0.15) is 0 Å². The van der Waals surface area contributed by atoms with Gasteiger partial charge in [0.25, 0.3) is 5.91 Å². The third kappa shape index (κ3) is 7.82. The second-order valence-electron chi connectivity index (χ2n) is 12.7. The van der Waals surface area contributed by atoms with Gasteiger partial charge in [-0.15, -0.1) is 0 Å². The lowest BCUT2D eigenvalue weighted by Crippen LogP contribution is -2.46. The molecule has 14 nitrogen and oxygen atoms in total. The molecule has 0 aromatic heterocycles. The third-order valence-electron chi connectivity index (χ3n) is 9.35. The number of allylic oxidation sites excluding steroid dienone is 4. The van der Waals surface area contributed by atoms with Crippen LogP contribution in [0.15, 0.2) is 47.5 Å². The first-order valence-electron chi connectivity index (χ1n) is 16.0. The molecule has 0 spiro atoms. The van der Waals surface area contributed by atoms with E-state index in [1.54, 1.807) is 33.8 Å². The van der Waals surface area contributed by atoms with E-state index in [-0.39, 0.29) is 16.9 Å². The van der Waals surface area contributed by atoms with Gasteiger partial charge in [0.1, 0.15) is 34.6 Å². The molecule has 0 radical (unpaired) electrons. The zero-order chi connectivity index (χ0) is 37.8. The lowest BCUT2D eigenvalue weighted by Gasteiger charge is -2.38. The van der Waals surface area contributed by atoms with E-state index in [9.17, 15) is 39.3 Å². The molecule has 0 saturated heterocycles. The van der Waals surface area contributed by atoms with Crippen LogP contribution in [0.25, 0.3) is 0 Å². The highest BCUT2D eigenvalue weighted by molar-refractivity contribution is 6.31. The summed E-state index contributed by atoms with van der Waals surface area (Å²) in [6.45, 7) is 10.8. The number of phenols is 1. The Labute approximate surface area is 290 Å². The Balaban J connectivity index is 2.24. The lowest BCUT2D eigenvalue weighted by atomic mass is 9.78. The van der Waals surface area contributed by atoms with Gasteiger partial charge < -0.3 is 45.3 Å². The van der Waals surface area contributed by atoms with Crippen molar-refractivity contribution in [3.63, 3.8) is 0 Å². The number of hydrogen-bond donors (Lipinski definition) is 5. The van der Waals surface area contributed by atoms with Gasteiger partial charge in [0.15, 0.2) is 0 Å². The van der Waals surface area contributed by atoms with Gasteiger partial charge >= 0.3 is 11.9 Å². The highest BCUT2D eigenvalue weighted by atomic mass is 16.5. The number of phenolic OH excluding ortho intramolecular Hbond substituents is 1. The first-order valence-corrected chi connectivity index (χ1v) is 16.0. The number of rotatable bonds is 3. The van der Waals surface area contributed by atoms with Gasteiger partial charge in [-0.1, -0.05) is 45.9 Å². The number of esters is 2. The zero-order valence-corrected chi connectivity index (χ0v) is 29.6. The summed E-state index contributed by atoms with van der Waals surface area (Å²) < 4.78 is 22.0. The minimum absolute atomic E-state index is 0.0630. The monoisotopic (exact) mass is 698 g/mol. The number of benzene rings is 1. The van der Waals surface area contributed by atoms with Crippen molar-refractivity contribution in [2.24, 2.45) is 29.4 Å². The second kappa shape index (κ2) is 16.3. The number of carbonyl (C=O) groups is 5. The van der Waals surface area contributed by atoms with Gasteiger partial charge in [0.05, 0.1) is 42.8 Å². The standard InChI is InChI=1S/C36H46N2O12/c1-15-11-10-12-16(2)35(45)38-27-26(37)31(43)23-24(32(27)44)30(42)20(6)34(48-9)25(23)36(46)49-14-13-22(47-8)17(3)33(50-21(7)39)19(5)29(41)18(4)28(15)40/h10-15,17-19,22,28-29,33,40-42H,37H2,1-9H3,(H,38,45)/b11-10+,14-13+,16-12-/t15-,17+,18+,19+,22-,28-,29+,33+/m0/s1. The fourth-order valence-electron chi connectivity index (χ4n) is 6.27. The second-order valence-corrected chi connectivity index (χ2v) is 12.7. The van der Waals surface area contributed by atoms with E-state index >= 15 is 0 Å². The van der Waals surface area contributed by atoms with E-state index in [4.69, 9.17) is 24.7 Å². The van der Waals surface area contributed by atoms with Crippen molar-refractivity contribution in [3.8, 4) is 11.5 Å². The molecule has 6 N–H and O–H groups in total. The molecule has 0 unspecified atom stereocenters. The Hall–Kier alpha value is -4.79. The van der Waals surface area contributed by atoms with Crippen LogP contribution in [0.4, 0.5) is 0 Å². The number of nitrogens with one attached hydrogen (secondary N) is 1. The van der Waals surface area contributed by atoms with Crippen LogP contribution in [0.3, 0.4) is 0 Å². The number of methoxy groups -OCH3 is 2. The number of Topliss-reactive ketones (excluding diaryl/α,β-unsaturated/α-hetero) is 2. The van der Waals surface area contributed by atoms with Gasteiger partial charge in [-0.05, 0) is 19.9 Å². The molecule has 0 fully saturated rings. The van der Waals surface area contributed by atoms with Crippen LogP contribution in [0.2, 0.25) is 0 Å². The van der Waals surface area contributed by atoms with Crippen LogP contribution in [0.1, 0.15) is 78.2 Å². The average Bonchev–Trinajstić information content (AvgIpc) is 3.08. The highest BCUT2D eigenvalue weighted by Gasteiger charge is 2.42. The summed E-state index contributed by atoms with van der Waals surface area (Å²) in [4.78, 5) is 66.3. The minimum atomic E-state index is -1.15. The molecule has 272 valence electrons. The molecule has 3 aliphatic rings. The number of amides is 1. The maximum Gasteiger partial charge on any atom is 0.347 e. The summed E-state index contributed by atoms with van der Waals surface area (Å²) in [5.74, 6) is -8.11. The first-order chi connectivity index (χ1) is 23.4. The number of ether oxygens (including phenoxy) is 4. The number of aliphatic hydroxyl groups is 2. The number of aromatic hydroxyl groups is 1. The van der Waals surface area contributed by atoms with Gasteiger partial charge in [-0.25, -0.2) is 4.79 Å². The lowest BCUT2D eigenvalue weighted by molar-refractivity contribution is -0.160. The molecule has 50 heavy (non-hydrogen) atoms. The van der Waals surface area contributed by atoms with Crippen LogP contribution in [-0.2, 0) is 23.8 Å². The van der Waals surface area contributed by atoms with E-state index in [0.29, 0.717) is 0 Å². The maximum atomic E-state index is 13.7. The molecule has 4 rings (SSSR count). The summed E-state index contributed by atoms with van der Waals surface area (Å²) in [7, 11) is 2.57. The average molecular weight is 699 g/mol. The number of fused-ring (bicyclic) bond motifs is 15. The zero-order valence-electron chi connectivity index (χ0n) is 29.6. The topological polar surface area (TPSA) is 221 Å². The third-order valence-corrected chi connectivity index (χ3v) is 9.35. The SMILES string of the molecule is COc1c(C)c(O)c2c3c1C(=O)O/C=C/[C@H](OC)[C@@H](C)[C@@H](OC(C)=O)[C@H](C)[C@H](O)[C@H](C)[C@@H](O)[C@@H](C)/C=C/C=C(/C)C(=O)NC(=C(N)C3=O)C2=O. The Morgan fingerprint density at radius 2 is 1.54 bits per heavy atom. The van der Waals surface area contributed by atoms with Crippen molar-refractivity contribution in [2.45, 2.75) is 72.9 Å². The predicted octanol–water partition coefficient (Wildman–Crippen LogP) is 2.77. The molecule has 2 aliphatic heterocycles. The molecule has 2 heterocycles. The van der Waals surface area contributed by atoms with Gasteiger partial charge in [0, 0.05) is 48.8 Å². The fourth-order valence-corrected chi connectivity index (χ4v) is 6.27. The van der Waals surface area contributed by atoms with Crippen LogP contribution in [-0.4, -0.2) is 83.4 Å². The molecule has 1 aromatic rings. The largest absolute Gasteiger partial charge is 0.507 e. The normalized spacial score (nSPS) is 30.9. The molecule has 1 aliphatic carbocycles. The summed E-state index contributed by atoms with van der Waals surface area (Å²) in [6, 6.07) is 0. The van der Waals surface area contributed by atoms with Gasteiger partial charge in [-0.3, -0.25) is 19.2 Å². The van der Waals surface area contributed by atoms with Crippen molar-refractivity contribution < 1.29 is 58.2 Å². The Morgan fingerprint density at radius 1 is 0.900 bits per heavy atom. The fraction of sp³-hybridized carbons (Fsp3) is 0.472. The number of aliphatic hydroxyl groups excluding tert-OH is 2. The molecular weight excluding hydrogens is 652 g/mol. The number of nitrogens with two attached hydrogens (primary N) is 1. The quantitative estimate of drug-likeness (QED) is 0.287. The Kier molecular flexibility index (Phi) is 12.9. The molecule has 1 aromatic carbocycles. The minimum Gasteiger partial charge on any atom is -0.507 e. The Morgan fingerprint density at radius 3 is 2.12 bits per heavy atom. The smallest absolute Gasteiger partial charge is 0.347 e. The number of hydrogen-bond acceptors (Lipinski definition) is 13. The van der Waals surface area contributed by atoms with Crippen molar-refractivity contribution in [1.29, 1.82) is 0 Å². The van der Waals surface area contributed by atoms with Crippen LogP contribution in [0.5, 0.6) is 11.5 Å². The molecule has 0 saturated carbocycles. The molecule has 8 atom stereocenters. The molecule has 4 bridgehead atoms. The summed E-state index contributed by atoms with van der Waals surface area (Å²) in [5, 5.41) is 35.9. The highest BCUT2D eigenvalue weighted by Crippen LogP contribution is 2.42.